The molecule has 2 heterocycles. The van der Waals surface area contributed by atoms with E-state index in [1.165, 1.54) is 0 Å². The van der Waals surface area contributed by atoms with Crippen LogP contribution in [0, 0.1) is 5.92 Å². The number of halogens is 1. The summed E-state index contributed by atoms with van der Waals surface area (Å²) < 4.78 is 5.79. The molecule has 3 rings (SSSR count). The van der Waals surface area contributed by atoms with E-state index in [2.05, 4.69) is 17.6 Å². The van der Waals surface area contributed by atoms with Crippen molar-refractivity contribution in [3.63, 3.8) is 0 Å². The first-order valence-electron chi connectivity index (χ1n) is 10.6. The van der Waals surface area contributed by atoms with E-state index in [0.717, 1.165) is 50.9 Å². The van der Waals surface area contributed by atoms with E-state index in [1.54, 1.807) is 0 Å². The summed E-state index contributed by atoms with van der Waals surface area (Å²) in [6, 6.07) is 7.39. The fraction of sp³-hybridized carbons (Fsp3) is 0.636. The van der Waals surface area contributed by atoms with Gasteiger partial charge in [-0.25, -0.2) is 0 Å². The first-order chi connectivity index (χ1) is 13.6. The lowest BCUT2D eigenvalue weighted by atomic mass is 9.97. The maximum atomic E-state index is 12.9. The van der Waals surface area contributed by atoms with Crippen molar-refractivity contribution in [2.75, 3.05) is 26.2 Å². The lowest BCUT2D eigenvalue weighted by molar-refractivity contribution is -0.123. The average molecular weight is 424 g/mol. The molecule has 6 nitrogen and oxygen atoms in total. The van der Waals surface area contributed by atoms with Crippen LogP contribution in [0.25, 0.3) is 0 Å². The monoisotopic (exact) mass is 423 g/mol. The van der Waals surface area contributed by atoms with Crippen LogP contribution in [0.1, 0.15) is 56.3 Å². The van der Waals surface area contributed by atoms with Crippen LogP contribution in [0.5, 0.6) is 5.75 Å². The van der Waals surface area contributed by atoms with Crippen LogP contribution in [0.15, 0.2) is 24.3 Å². The van der Waals surface area contributed by atoms with Crippen molar-refractivity contribution >= 4 is 24.2 Å². The maximum absolute atomic E-state index is 12.9. The van der Waals surface area contributed by atoms with E-state index >= 15 is 0 Å². The summed E-state index contributed by atoms with van der Waals surface area (Å²) in [6.45, 7) is 7.16. The maximum Gasteiger partial charge on any atom is 0.253 e. The molecule has 1 aromatic carbocycles. The predicted molar refractivity (Wildman–Crippen MR) is 117 cm³/mol. The number of carbonyl (C=O) groups excluding carboxylic acids is 2. The van der Waals surface area contributed by atoms with Gasteiger partial charge in [0.25, 0.3) is 5.91 Å². The van der Waals surface area contributed by atoms with Gasteiger partial charge >= 0.3 is 0 Å². The molecule has 2 aliphatic rings. The zero-order chi connectivity index (χ0) is 19.9. The molecule has 0 aliphatic carbocycles. The Morgan fingerprint density at radius 3 is 2.66 bits per heavy atom. The number of likely N-dealkylation sites (tertiary alicyclic amines) is 1. The number of rotatable bonds is 7. The van der Waals surface area contributed by atoms with Gasteiger partial charge in [-0.1, -0.05) is 6.92 Å². The van der Waals surface area contributed by atoms with Crippen LogP contribution in [0.3, 0.4) is 0 Å². The molecule has 3 atom stereocenters. The van der Waals surface area contributed by atoms with Crippen molar-refractivity contribution in [2.24, 2.45) is 5.92 Å². The minimum atomic E-state index is -0.0440. The second kappa shape index (κ2) is 11.4. The van der Waals surface area contributed by atoms with Gasteiger partial charge in [0.2, 0.25) is 5.91 Å². The summed E-state index contributed by atoms with van der Waals surface area (Å²) in [5.41, 5.74) is 0.691. The third kappa shape index (κ3) is 6.61. The van der Waals surface area contributed by atoms with Crippen LogP contribution in [-0.4, -0.2) is 55.0 Å². The molecular weight excluding hydrogens is 390 g/mol. The molecule has 2 amide bonds. The largest absolute Gasteiger partial charge is 0.491 e. The van der Waals surface area contributed by atoms with Crippen molar-refractivity contribution in [3.8, 4) is 5.75 Å². The fourth-order valence-electron chi connectivity index (χ4n) is 3.87. The van der Waals surface area contributed by atoms with Crippen LogP contribution < -0.4 is 15.4 Å². The summed E-state index contributed by atoms with van der Waals surface area (Å²) in [7, 11) is 0. The Kier molecular flexibility index (Phi) is 9.24. The van der Waals surface area contributed by atoms with Gasteiger partial charge in [0, 0.05) is 25.2 Å². The smallest absolute Gasteiger partial charge is 0.253 e. The molecule has 0 radical (unpaired) electrons. The van der Waals surface area contributed by atoms with Gasteiger partial charge in [-0.15, -0.1) is 12.4 Å². The summed E-state index contributed by atoms with van der Waals surface area (Å²) in [4.78, 5) is 27.0. The van der Waals surface area contributed by atoms with E-state index in [1.807, 2.05) is 36.1 Å². The van der Waals surface area contributed by atoms with Crippen molar-refractivity contribution in [1.29, 1.82) is 0 Å². The molecule has 1 aromatic rings. The Balaban J connectivity index is 0.00000300. The molecule has 0 bridgehead atoms. The van der Waals surface area contributed by atoms with Gasteiger partial charge in [-0.3, -0.25) is 9.59 Å². The number of ether oxygens (including phenoxy) is 1. The lowest BCUT2D eigenvalue weighted by Gasteiger charge is -2.33. The number of carbonyl (C=O) groups is 2. The van der Waals surface area contributed by atoms with Crippen LogP contribution in [-0.2, 0) is 4.79 Å². The summed E-state index contributed by atoms with van der Waals surface area (Å²) in [5, 5.41) is 6.29. The molecule has 2 aliphatic heterocycles. The highest BCUT2D eigenvalue weighted by molar-refractivity contribution is 5.94. The molecule has 0 spiro atoms. The van der Waals surface area contributed by atoms with E-state index in [-0.39, 0.29) is 36.4 Å². The highest BCUT2D eigenvalue weighted by Crippen LogP contribution is 2.20. The zero-order valence-corrected chi connectivity index (χ0v) is 18.3. The number of amides is 2. The predicted octanol–water partition coefficient (Wildman–Crippen LogP) is 3.01. The van der Waals surface area contributed by atoms with Crippen molar-refractivity contribution in [1.82, 2.24) is 15.5 Å². The Labute approximate surface area is 180 Å². The Morgan fingerprint density at radius 2 is 2.00 bits per heavy atom. The SMILES string of the molecule is CCC(C)Oc1ccc(C(=O)N2CCCC(CNC(=O)C3CCCN3)C2)cc1.Cl. The molecule has 0 saturated carbocycles. The minimum absolute atomic E-state index is 0. The molecule has 29 heavy (non-hydrogen) atoms. The Bertz CT molecular complexity index is 662. The van der Waals surface area contributed by atoms with Crippen molar-refractivity contribution in [3.05, 3.63) is 29.8 Å². The first kappa shape index (κ1) is 23.5. The van der Waals surface area contributed by atoms with Gasteiger partial charge < -0.3 is 20.3 Å². The Morgan fingerprint density at radius 1 is 1.24 bits per heavy atom. The summed E-state index contributed by atoms with van der Waals surface area (Å²) >= 11 is 0. The van der Waals surface area contributed by atoms with Gasteiger partial charge in [0.05, 0.1) is 12.1 Å². The molecular formula is C22H34ClN3O3. The van der Waals surface area contributed by atoms with E-state index in [9.17, 15) is 9.59 Å². The van der Waals surface area contributed by atoms with E-state index in [4.69, 9.17) is 4.74 Å². The highest BCUT2D eigenvalue weighted by atomic mass is 35.5. The molecule has 2 N–H and O–H groups in total. The number of piperidine rings is 1. The van der Waals surface area contributed by atoms with E-state index in [0.29, 0.717) is 24.6 Å². The molecule has 2 saturated heterocycles. The van der Waals surface area contributed by atoms with E-state index < -0.39 is 0 Å². The number of nitrogens with zero attached hydrogens (tertiary/aromatic N) is 1. The van der Waals surface area contributed by atoms with Crippen molar-refractivity contribution < 1.29 is 14.3 Å². The van der Waals surface area contributed by atoms with Crippen LogP contribution >= 0.6 is 12.4 Å². The highest BCUT2D eigenvalue weighted by Gasteiger charge is 2.27. The molecule has 2 fully saturated rings. The standard InChI is InChI=1S/C22H33N3O3.ClH/c1-3-16(2)28-19-10-8-18(9-11-19)22(27)25-13-5-6-17(15-25)14-24-21(26)20-7-4-12-23-20;/h8-11,16-17,20,23H,3-7,12-15H2,1-2H3,(H,24,26);1H. The van der Waals surface area contributed by atoms with Gasteiger partial charge in [-0.05, 0) is 75.8 Å². The molecule has 3 unspecified atom stereocenters. The number of hydrogen-bond donors (Lipinski definition) is 2. The van der Waals surface area contributed by atoms with Gasteiger partial charge in [0.1, 0.15) is 5.75 Å². The van der Waals surface area contributed by atoms with Gasteiger partial charge in [0.15, 0.2) is 0 Å². The molecule has 7 heteroatoms. The number of hydrogen-bond acceptors (Lipinski definition) is 4. The fourth-order valence-corrected chi connectivity index (χ4v) is 3.87. The van der Waals surface area contributed by atoms with Crippen LogP contribution in [0.2, 0.25) is 0 Å². The lowest BCUT2D eigenvalue weighted by Crippen LogP contribution is -2.46. The topological polar surface area (TPSA) is 70.7 Å². The Hall–Kier alpha value is -1.79. The normalized spacial score (nSPS) is 22.5. The summed E-state index contributed by atoms with van der Waals surface area (Å²) in [5.74, 6) is 1.27. The second-order valence-corrected chi connectivity index (χ2v) is 8.01. The average Bonchev–Trinajstić information content (AvgIpc) is 3.27. The second-order valence-electron chi connectivity index (χ2n) is 8.01. The first-order valence-corrected chi connectivity index (χ1v) is 10.6. The van der Waals surface area contributed by atoms with Crippen LogP contribution in [0.4, 0.5) is 0 Å². The van der Waals surface area contributed by atoms with Gasteiger partial charge in [-0.2, -0.15) is 0 Å². The third-order valence-corrected chi connectivity index (χ3v) is 5.76. The van der Waals surface area contributed by atoms with Crippen molar-refractivity contribution in [2.45, 2.75) is 58.1 Å². The quantitative estimate of drug-likeness (QED) is 0.707. The molecule has 162 valence electrons. The minimum Gasteiger partial charge on any atom is -0.491 e. The molecule has 0 aromatic heterocycles. The zero-order valence-electron chi connectivity index (χ0n) is 17.5. The summed E-state index contributed by atoms with van der Waals surface area (Å²) in [6.07, 6.45) is 5.11. The number of nitrogens with one attached hydrogen (secondary N) is 2. The third-order valence-electron chi connectivity index (χ3n) is 5.76. The number of benzene rings is 1.